The van der Waals surface area contributed by atoms with Gasteiger partial charge in [0.15, 0.2) is 6.67 Å². The Morgan fingerprint density at radius 1 is 1.36 bits per heavy atom. The summed E-state index contributed by atoms with van der Waals surface area (Å²) in [7, 11) is 0. The molecule has 76 valence electrons. The van der Waals surface area contributed by atoms with Crippen molar-refractivity contribution in [3.63, 3.8) is 0 Å². The molecule has 0 saturated carbocycles. The van der Waals surface area contributed by atoms with E-state index in [4.69, 9.17) is 5.11 Å². The Morgan fingerprint density at radius 3 is 2.57 bits per heavy atom. The third kappa shape index (κ3) is 3.43. The quantitative estimate of drug-likeness (QED) is 0.757. The second kappa shape index (κ2) is 5.21. The maximum absolute atomic E-state index is 11.7. The molecule has 1 aromatic carbocycles. The normalized spacial score (nSPS) is 9.79. The molecule has 0 saturated heterocycles. The van der Waals surface area contributed by atoms with Crippen LogP contribution in [0.1, 0.15) is 5.56 Å². The van der Waals surface area contributed by atoms with Crippen LogP contribution in [-0.2, 0) is 11.2 Å². The summed E-state index contributed by atoms with van der Waals surface area (Å²) in [6.07, 6.45) is 0.631. The number of rotatable bonds is 4. The van der Waals surface area contributed by atoms with E-state index in [1.165, 1.54) is 0 Å². The van der Waals surface area contributed by atoms with Crippen molar-refractivity contribution in [2.45, 2.75) is 6.42 Å². The van der Waals surface area contributed by atoms with Crippen LogP contribution in [0.3, 0.4) is 0 Å². The summed E-state index contributed by atoms with van der Waals surface area (Å²) >= 11 is 0. The van der Waals surface area contributed by atoms with Crippen molar-refractivity contribution in [1.29, 1.82) is 0 Å². The second-order valence-corrected chi connectivity index (χ2v) is 2.90. The number of nitrogens with one attached hydrogen (secondary N) is 1. The van der Waals surface area contributed by atoms with Crippen molar-refractivity contribution in [2.75, 3.05) is 13.2 Å². The molecule has 0 aliphatic rings. The van der Waals surface area contributed by atoms with Crippen molar-refractivity contribution in [2.24, 2.45) is 0 Å². The zero-order valence-corrected chi connectivity index (χ0v) is 7.66. The van der Waals surface area contributed by atoms with E-state index in [0.29, 0.717) is 13.0 Å². The van der Waals surface area contributed by atoms with Crippen molar-refractivity contribution < 1.29 is 14.3 Å². The smallest absolute Gasteiger partial charge is 0.251 e. The number of benzene rings is 1. The highest BCUT2D eigenvalue weighted by atomic mass is 19.1. The standard InChI is InChI=1S/C10H12FNO2/c11-7-10(14)12-6-5-8-1-3-9(13)4-2-8/h1-4,13H,5-7H2,(H,12,14). The van der Waals surface area contributed by atoms with Gasteiger partial charge in [0.25, 0.3) is 5.91 Å². The van der Waals surface area contributed by atoms with Gasteiger partial charge in [0, 0.05) is 6.54 Å². The summed E-state index contributed by atoms with van der Waals surface area (Å²) < 4.78 is 11.7. The zero-order chi connectivity index (χ0) is 10.4. The maximum atomic E-state index is 11.7. The van der Waals surface area contributed by atoms with Crippen LogP contribution < -0.4 is 5.32 Å². The topological polar surface area (TPSA) is 49.3 Å². The minimum atomic E-state index is -0.977. The van der Waals surface area contributed by atoms with Crippen molar-refractivity contribution >= 4 is 5.91 Å². The maximum Gasteiger partial charge on any atom is 0.251 e. The average Bonchev–Trinajstić information content (AvgIpc) is 2.21. The molecule has 0 aliphatic carbocycles. The summed E-state index contributed by atoms with van der Waals surface area (Å²) in [6, 6.07) is 6.67. The third-order valence-corrected chi connectivity index (χ3v) is 1.79. The van der Waals surface area contributed by atoms with Crippen molar-refractivity contribution in [3.05, 3.63) is 29.8 Å². The summed E-state index contributed by atoms with van der Waals surface area (Å²) in [4.78, 5) is 10.5. The number of hydrogen-bond donors (Lipinski definition) is 2. The molecule has 0 heterocycles. The Bertz CT molecular complexity index is 297. The fourth-order valence-electron chi connectivity index (χ4n) is 1.06. The molecule has 0 aliphatic heterocycles. The number of hydrogen-bond acceptors (Lipinski definition) is 2. The predicted molar refractivity (Wildman–Crippen MR) is 50.8 cm³/mol. The molecule has 3 nitrogen and oxygen atoms in total. The molecule has 14 heavy (non-hydrogen) atoms. The van der Waals surface area contributed by atoms with Gasteiger partial charge in [0.2, 0.25) is 0 Å². The van der Waals surface area contributed by atoms with Gasteiger partial charge in [-0.3, -0.25) is 4.79 Å². The Kier molecular flexibility index (Phi) is 3.91. The molecule has 0 spiro atoms. The molecule has 0 unspecified atom stereocenters. The van der Waals surface area contributed by atoms with Gasteiger partial charge < -0.3 is 10.4 Å². The number of aromatic hydroxyl groups is 1. The molecule has 0 aromatic heterocycles. The molecule has 4 heteroatoms. The highest BCUT2D eigenvalue weighted by Crippen LogP contribution is 2.09. The van der Waals surface area contributed by atoms with Gasteiger partial charge in [-0.1, -0.05) is 12.1 Å². The van der Waals surface area contributed by atoms with Gasteiger partial charge in [0.05, 0.1) is 0 Å². The van der Waals surface area contributed by atoms with Gasteiger partial charge in [-0.15, -0.1) is 0 Å². The van der Waals surface area contributed by atoms with Crippen LogP contribution in [0.2, 0.25) is 0 Å². The molecule has 1 rings (SSSR count). The average molecular weight is 197 g/mol. The minimum absolute atomic E-state index is 0.210. The summed E-state index contributed by atoms with van der Waals surface area (Å²) in [5.41, 5.74) is 0.988. The van der Waals surface area contributed by atoms with Crippen LogP contribution in [0.5, 0.6) is 5.75 Å². The van der Waals surface area contributed by atoms with Gasteiger partial charge in [-0.2, -0.15) is 0 Å². The fraction of sp³-hybridized carbons (Fsp3) is 0.300. The molecule has 1 aromatic rings. The van der Waals surface area contributed by atoms with Crippen molar-refractivity contribution in [3.8, 4) is 5.75 Å². The Morgan fingerprint density at radius 2 is 2.00 bits per heavy atom. The molecule has 0 bridgehead atoms. The number of carbonyl (C=O) groups is 1. The van der Waals surface area contributed by atoms with E-state index in [9.17, 15) is 9.18 Å². The van der Waals surface area contributed by atoms with Crippen LogP contribution in [-0.4, -0.2) is 24.2 Å². The van der Waals surface area contributed by atoms with Crippen LogP contribution >= 0.6 is 0 Å². The lowest BCUT2D eigenvalue weighted by Gasteiger charge is -2.02. The number of carbonyl (C=O) groups excluding carboxylic acids is 1. The number of amides is 1. The first kappa shape index (κ1) is 10.5. The fourth-order valence-corrected chi connectivity index (χ4v) is 1.06. The van der Waals surface area contributed by atoms with Gasteiger partial charge >= 0.3 is 0 Å². The van der Waals surface area contributed by atoms with E-state index in [1.54, 1.807) is 24.3 Å². The van der Waals surface area contributed by atoms with Gasteiger partial charge in [-0.25, -0.2) is 4.39 Å². The van der Waals surface area contributed by atoms with E-state index in [2.05, 4.69) is 5.32 Å². The highest BCUT2D eigenvalue weighted by Gasteiger charge is 1.98. The van der Waals surface area contributed by atoms with Gasteiger partial charge in [-0.05, 0) is 24.1 Å². The third-order valence-electron chi connectivity index (χ3n) is 1.79. The molecule has 2 N–H and O–H groups in total. The Labute approximate surface area is 81.6 Å². The molecule has 0 radical (unpaired) electrons. The summed E-state index contributed by atoms with van der Waals surface area (Å²) in [6.45, 7) is -0.566. The van der Waals surface area contributed by atoms with Crippen LogP contribution in [0.15, 0.2) is 24.3 Å². The van der Waals surface area contributed by atoms with E-state index in [-0.39, 0.29) is 5.75 Å². The lowest BCUT2D eigenvalue weighted by molar-refractivity contribution is -0.121. The SMILES string of the molecule is O=C(CF)NCCc1ccc(O)cc1. The first-order chi connectivity index (χ1) is 6.72. The Balaban J connectivity index is 2.31. The van der Waals surface area contributed by atoms with Crippen LogP contribution in [0.4, 0.5) is 4.39 Å². The molecular formula is C10H12FNO2. The van der Waals surface area contributed by atoms with E-state index in [0.717, 1.165) is 5.56 Å². The van der Waals surface area contributed by atoms with Crippen LogP contribution in [0, 0.1) is 0 Å². The molecule has 1 amide bonds. The van der Waals surface area contributed by atoms with Gasteiger partial charge in [0.1, 0.15) is 5.75 Å². The monoisotopic (exact) mass is 197 g/mol. The number of halogens is 1. The molecule has 0 atom stereocenters. The predicted octanol–water partition coefficient (Wildman–Crippen LogP) is 1.02. The first-order valence-electron chi connectivity index (χ1n) is 4.33. The lowest BCUT2D eigenvalue weighted by atomic mass is 10.1. The largest absolute Gasteiger partial charge is 0.508 e. The number of alkyl halides is 1. The zero-order valence-electron chi connectivity index (χ0n) is 7.66. The number of phenols is 1. The van der Waals surface area contributed by atoms with E-state index >= 15 is 0 Å². The summed E-state index contributed by atoms with van der Waals surface area (Å²) in [5.74, 6) is -0.384. The first-order valence-corrected chi connectivity index (χ1v) is 4.33. The lowest BCUT2D eigenvalue weighted by Crippen LogP contribution is -2.26. The molecule has 0 fully saturated rings. The van der Waals surface area contributed by atoms with Crippen LogP contribution in [0.25, 0.3) is 0 Å². The Hall–Kier alpha value is -1.58. The van der Waals surface area contributed by atoms with E-state index < -0.39 is 12.6 Å². The van der Waals surface area contributed by atoms with E-state index in [1.807, 2.05) is 0 Å². The van der Waals surface area contributed by atoms with Crippen molar-refractivity contribution in [1.82, 2.24) is 5.32 Å². The second-order valence-electron chi connectivity index (χ2n) is 2.90. The summed E-state index contributed by atoms with van der Waals surface area (Å²) in [5, 5.41) is 11.4. The molecular weight excluding hydrogens is 185 g/mol. The number of phenolic OH excluding ortho intramolecular Hbond substituents is 1. The minimum Gasteiger partial charge on any atom is -0.508 e. The highest BCUT2D eigenvalue weighted by molar-refractivity contribution is 5.76.